The van der Waals surface area contributed by atoms with Crippen LogP contribution in [0, 0.1) is 11.8 Å². The van der Waals surface area contributed by atoms with Crippen molar-refractivity contribution in [2.45, 2.75) is 40.7 Å². The number of carbonyl (C=O) groups is 2. The van der Waals surface area contributed by atoms with Crippen molar-refractivity contribution in [1.29, 1.82) is 0 Å². The fraction of sp³-hybridized carbons (Fsp3) is 0.867. The Labute approximate surface area is 127 Å². The van der Waals surface area contributed by atoms with Crippen molar-refractivity contribution < 1.29 is 24.2 Å². The Hall–Kier alpha value is -1.14. The number of ether oxygens (including phenoxy) is 2. The van der Waals surface area contributed by atoms with Crippen LogP contribution in [0.4, 0.5) is 0 Å². The molecule has 0 heterocycles. The summed E-state index contributed by atoms with van der Waals surface area (Å²) in [6, 6.07) is -0.140. The molecule has 0 aliphatic heterocycles. The van der Waals surface area contributed by atoms with Crippen LogP contribution in [0.3, 0.4) is 0 Å². The highest BCUT2D eigenvalue weighted by molar-refractivity contribution is 5.73. The average molecular weight is 303 g/mol. The first kappa shape index (κ1) is 19.9. The Morgan fingerprint density at radius 3 is 1.62 bits per heavy atom. The quantitative estimate of drug-likeness (QED) is 0.608. The highest BCUT2D eigenvalue weighted by atomic mass is 16.5. The third-order valence-electron chi connectivity index (χ3n) is 3.28. The van der Waals surface area contributed by atoms with Crippen LogP contribution >= 0.6 is 0 Å². The van der Waals surface area contributed by atoms with Crippen molar-refractivity contribution in [2.24, 2.45) is 11.8 Å². The van der Waals surface area contributed by atoms with Crippen LogP contribution in [0.2, 0.25) is 0 Å². The van der Waals surface area contributed by atoms with E-state index < -0.39 is 0 Å². The fourth-order valence-corrected chi connectivity index (χ4v) is 1.97. The standard InChI is InChI=1S/C15H29NO5/c1-6-20-14(18)11(3)8-16(13(5)10-17)9-12(4)15(19)21-7-2/h11-13,17H,6-10H2,1-5H3. The van der Waals surface area contributed by atoms with Gasteiger partial charge in [-0.25, -0.2) is 0 Å². The summed E-state index contributed by atoms with van der Waals surface area (Å²) in [7, 11) is 0. The summed E-state index contributed by atoms with van der Waals surface area (Å²) >= 11 is 0. The van der Waals surface area contributed by atoms with Crippen LogP contribution in [-0.2, 0) is 19.1 Å². The molecule has 0 bridgehead atoms. The van der Waals surface area contributed by atoms with E-state index in [9.17, 15) is 14.7 Å². The van der Waals surface area contributed by atoms with Crippen molar-refractivity contribution in [3.8, 4) is 0 Å². The predicted octanol–water partition coefficient (Wildman–Crippen LogP) is 1.07. The molecule has 0 radical (unpaired) electrons. The second kappa shape index (κ2) is 10.6. The van der Waals surface area contributed by atoms with E-state index in [0.717, 1.165) is 0 Å². The van der Waals surface area contributed by atoms with Gasteiger partial charge in [-0.3, -0.25) is 14.5 Å². The van der Waals surface area contributed by atoms with Crippen molar-refractivity contribution >= 4 is 11.9 Å². The first-order valence-electron chi connectivity index (χ1n) is 7.55. The fourth-order valence-electron chi connectivity index (χ4n) is 1.97. The number of carbonyl (C=O) groups excluding carboxylic acids is 2. The summed E-state index contributed by atoms with van der Waals surface area (Å²) in [6.45, 7) is 10.5. The molecule has 6 heteroatoms. The van der Waals surface area contributed by atoms with Gasteiger partial charge in [0.1, 0.15) is 0 Å². The molecule has 6 nitrogen and oxygen atoms in total. The molecule has 0 aliphatic rings. The lowest BCUT2D eigenvalue weighted by atomic mass is 10.1. The highest BCUT2D eigenvalue weighted by Crippen LogP contribution is 2.11. The van der Waals surface area contributed by atoms with Crippen LogP contribution in [0.1, 0.15) is 34.6 Å². The minimum Gasteiger partial charge on any atom is -0.466 e. The molecule has 3 unspecified atom stereocenters. The molecule has 0 aromatic rings. The van der Waals surface area contributed by atoms with Gasteiger partial charge in [0.15, 0.2) is 0 Å². The van der Waals surface area contributed by atoms with Crippen LogP contribution in [0.5, 0.6) is 0 Å². The molecule has 0 aliphatic carbocycles. The number of nitrogens with zero attached hydrogens (tertiary/aromatic N) is 1. The Balaban J connectivity index is 4.66. The minimum atomic E-state index is -0.312. The maximum atomic E-state index is 11.7. The van der Waals surface area contributed by atoms with E-state index in [-0.39, 0.29) is 36.4 Å². The lowest BCUT2D eigenvalue weighted by Crippen LogP contribution is -2.44. The van der Waals surface area contributed by atoms with E-state index in [1.165, 1.54) is 0 Å². The van der Waals surface area contributed by atoms with E-state index in [4.69, 9.17) is 9.47 Å². The Morgan fingerprint density at radius 2 is 1.33 bits per heavy atom. The van der Waals surface area contributed by atoms with E-state index in [0.29, 0.717) is 26.3 Å². The maximum absolute atomic E-state index is 11.7. The van der Waals surface area contributed by atoms with E-state index in [2.05, 4.69) is 0 Å². The van der Waals surface area contributed by atoms with Gasteiger partial charge in [0, 0.05) is 19.1 Å². The number of rotatable bonds is 10. The molecule has 0 saturated heterocycles. The maximum Gasteiger partial charge on any atom is 0.309 e. The van der Waals surface area contributed by atoms with Crippen LogP contribution in [-0.4, -0.2) is 60.9 Å². The van der Waals surface area contributed by atoms with Gasteiger partial charge in [-0.15, -0.1) is 0 Å². The van der Waals surface area contributed by atoms with Gasteiger partial charge < -0.3 is 14.6 Å². The largest absolute Gasteiger partial charge is 0.466 e. The zero-order valence-electron chi connectivity index (χ0n) is 13.8. The third kappa shape index (κ3) is 7.43. The molecule has 124 valence electrons. The van der Waals surface area contributed by atoms with E-state index in [1.807, 2.05) is 11.8 Å². The van der Waals surface area contributed by atoms with Gasteiger partial charge in [-0.05, 0) is 20.8 Å². The van der Waals surface area contributed by atoms with Gasteiger partial charge in [0.05, 0.1) is 31.7 Å². The number of aliphatic hydroxyl groups is 1. The van der Waals surface area contributed by atoms with Crippen LogP contribution in [0.25, 0.3) is 0 Å². The zero-order chi connectivity index (χ0) is 16.4. The number of aliphatic hydroxyl groups excluding tert-OH is 1. The molecule has 0 fully saturated rings. The van der Waals surface area contributed by atoms with E-state index in [1.54, 1.807) is 27.7 Å². The molecule has 0 aromatic heterocycles. The summed E-state index contributed by atoms with van der Waals surface area (Å²) in [5.74, 6) is -1.16. The Bertz CT molecular complexity index is 295. The molecular weight excluding hydrogens is 274 g/mol. The van der Waals surface area contributed by atoms with Gasteiger partial charge >= 0.3 is 11.9 Å². The number of hydrogen-bond donors (Lipinski definition) is 1. The van der Waals surface area contributed by atoms with Crippen molar-refractivity contribution in [2.75, 3.05) is 32.9 Å². The summed E-state index contributed by atoms with van der Waals surface area (Å²) in [4.78, 5) is 25.3. The predicted molar refractivity (Wildman–Crippen MR) is 79.7 cm³/mol. The molecule has 0 spiro atoms. The molecule has 0 amide bonds. The van der Waals surface area contributed by atoms with Gasteiger partial charge in [-0.2, -0.15) is 0 Å². The summed E-state index contributed by atoms with van der Waals surface area (Å²) in [6.07, 6.45) is 0. The number of esters is 2. The number of hydrogen-bond acceptors (Lipinski definition) is 6. The Kier molecular flexibility index (Phi) is 9.99. The third-order valence-corrected chi connectivity index (χ3v) is 3.28. The van der Waals surface area contributed by atoms with Gasteiger partial charge in [-0.1, -0.05) is 13.8 Å². The second-order valence-electron chi connectivity index (χ2n) is 5.29. The van der Waals surface area contributed by atoms with Gasteiger partial charge in [0.2, 0.25) is 0 Å². The highest BCUT2D eigenvalue weighted by Gasteiger charge is 2.25. The Morgan fingerprint density at radius 1 is 0.952 bits per heavy atom. The SMILES string of the molecule is CCOC(=O)C(C)CN(CC(C)C(=O)OCC)C(C)CO. The first-order chi connectivity index (χ1) is 9.87. The van der Waals surface area contributed by atoms with Crippen LogP contribution < -0.4 is 0 Å². The zero-order valence-corrected chi connectivity index (χ0v) is 13.8. The smallest absolute Gasteiger partial charge is 0.309 e. The molecule has 21 heavy (non-hydrogen) atoms. The molecule has 1 N–H and O–H groups in total. The minimum absolute atomic E-state index is 0.0366. The molecule has 0 rings (SSSR count). The lowest BCUT2D eigenvalue weighted by molar-refractivity contribution is -0.149. The first-order valence-corrected chi connectivity index (χ1v) is 7.55. The monoisotopic (exact) mass is 303 g/mol. The normalized spacial score (nSPS) is 15.4. The van der Waals surface area contributed by atoms with Crippen molar-refractivity contribution in [1.82, 2.24) is 4.90 Å². The topological polar surface area (TPSA) is 76.1 Å². The van der Waals surface area contributed by atoms with E-state index >= 15 is 0 Å². The summed E-state index contributed by atoms with van der Waals surface area (Å²) in [5.41, 5.74) is 0. The average Bonchev–Trinajstić information content (AvgIpc) is 2.45. The molecular formula is C15H29NO5. The lowest BCUT2D eigenvalue weighted by Gasteiger charge is -2.31. The van der Waals surface area contributed by atoms with Crippen LogP contribution in [0.15, 0.2) is 0 Å². The molecule has 0 saturated carbocycles. The van der Waals surface area contributed by atoms with Crippen molar-refractivity contribution in [3.05, 3.63) is 0 Å². The van der Waals surface area contributed by atoms with Crippen molar-refractivity contribution in [3.63, 3.8) is 0 Å². The summed E-state index contributed by atoms with van der Waals surface area (Å²) < 4.78 is 9.98. The summed E-state index contributed by atoms with van der Waals surface area (Å²) in [5, 5.41) is 9.34. The second-order valence-corrected chi connectivity index (χ2v) is 5.29. The van der Waals surface area contributed by atoms with Gasteiger partial charge in [0.25, 0.3) is 0 Å². The molecule has 0 aromatic carbocycles. The molecule has 3 atom stereocenters.